The van der Waals surface area contributed by atoms with Gasteiger partial charge in [-0.2, -0.15) is 0 Å². The number of carbonyl (C=O) groups is 2. The summed E-state index contributed by atoms with van der Waals surface area (Å²) in [7, 11) is 0. The van der Waals surface area contributed by atoms with Crippen molar-refractivity contribution < 1.29 is 19.6 Å². The number of nitro groups is 1. The Balaban J connectivity index is 1.58. The molecule has 3 rings (SSSR count). The molecule has 0 aromatic heterocycles. The third kappa shape index (κ3) is 8.51. The number of hydrogen-bond donors (Lipinski definition) is 1. The van der Waals surface area contributed by atoms with E-state index in [9.17, 15) is 24.8 Å². The summed E-state index contributed by atoms with van der Waals surface area (Å²) < 4.78 is 0. The molecule has 1 heterocycles. The number of Topliss-reactive ketones (excluding diaryl/α,β-unsaturated/α-hetero) is 1. The smallest absolute Gasteiger partial charge is 0.295 e. The first-order valence-corrected chi connectivity index (χ1v) is 15.0. The van der Waals surface area contributed by atoms with Crippen molar-refractivity contribution in [1.82, 2.24) is 4.90 Å². The number of ketones is 1. The van der Waals surface area contributed by atoms with E-state index in [-0.39, 0.29) is 22.6 Å². The number of unbranched alkanes of at least 4 members (excludes halogenated alkanes) is 13. The quantitative estimate of drug-likeness (QED) is 0.0502. The molecule has 1 aliphatic rings. The zero-order valence-electron chi connectivity index (χ0n) is 23.9. The molecule has 1 fully saturated rings. The van der Waals surface area contributed by atoms with E-state index < -0.39 is 22.7 Å². The van der Waals surface area contributed by atoms with Crippen molar-refractivity contribution in [2.24, 2.45) is 0 Å². The molecule has 7 nitrogen and oxygen atoms in total. The van der Waals surface area contributed by atoms with Gasteiger partial charge in [0.05, 0.1) is 22.1 Å². The van der Waals surface area contributed by atoms with E-state index >= 15 is 0 Å². The second-order valence-electron chi connectivity index (χ2n) is 10.8. The number of nitro benzene ring substituents is 1. The van der Waals surface area contributed by atoms with Crippen LogP contribution in [-0.4, -0.2) is 33.2 Å². The summed E-state index contributed by atoms with van der Waals surface area (Å²) in [6.45, 7) is 2.54. The van der Waals surface area contributed by atoms with Gasteiger partial charge in [-0.3, -0.25) is 19.7 Å². The molecule has 216 valence electrons. The van der Waals surface area contributed by atoms with Crippen molar-refractivity contribution in [3.63, 3.8) is 0 Å². The fourth-order valence-electron chi connectivity index (χ4n) is 5.55. The summed E-state index contributed by atoms with van der Waals surface area (Å²) in [5.74, 6) is -1.85. The topological polar surface area (TPSA) is 101 Å². The molecule has 2 aromatic carbocycles. The van der Waals surface area contributed by atoms with Gasteiger partial charge in [0.25, 0.3) is 17.4 Å². The predicted octanol–water partition coefficient (Wildman–Crippen LogP) is 8.50. The Kier molecular flexibility index (Phi) is 12.9. The SMILES string of the molecule is CCCCCCCCCCCCCCCCN1C(=O)C(=O)C(=C(O)c2ccccc2)C1c1ccccc1[N+](=O)[O-]. The molecule has 1 amide bonds. The highest BCUT2D eigenvalue weighted by Crippen LogP contribution is 2.42. The number of amides is 1. The summed E-state index contributed by atoms with van der Waals surface area (Å²) in [4.78, 5) is 39.0. The molecule has 7 heteroatoms. The monoisotopic (exact) mass is 548 g/mol. The Hall–Kier alpha value is -3.48. The number of para-hydroxylation sites is 1. The van der Waals surface area contributed by atoms with Gasteiger partial charge >= 0.3 is 0 Å². The fraction of sp³-hybridized carbons (Fsp3) is 0.515. The van der Waals surface area contributed by atoms with Crippen LogP contribution in [0.2, 0.25) is 0 Å². The van der Waals surface area contributed by atoms with Crippen LogP contribution in [0.4, 0.5) is 5.69 Å². The summed E-state index contributed by atoms with van der Waals surface area (Å²) >= 11 is 0. The van der Waals surface area contributed by atoms with Gasteiger partial charge in [-0.05, 0) is 12.5 Å². The molecular formula is C33H44N2O5. The van der Waals surface area contributed by atoms with Gasteiger partial charge in [0, 0.05) is 18.2 Å². The number of nitrogens with zero attached hydrogens (tertiary/aromatic N) is 2. The minimum absolute atomic E-state index is 0.101. The van der Waals surface area contributed by atoms with Crippen molar-refractivity contribution in [1.29, 1.82) is 0 Å². The maximum atomic E-state index is 13.2. The minimum atomic E-state index is -1.01. The zero-order valence-corrected chi connectivity index (χ0v) is 23.9. The molecule has 1 atom stereocenters. The minimum Gasteiger partial charge on any atom is -0.507 e. The third-order valence-corrected chi connectivity index (χ3v) is 7.77. The van der Waals surface area contributed by atoms with Crippen LogP contribution in [0.3, 0.4) is 0 Å². The molecule has 0 spiro atoms. The van der Waals surface area contributed by atoms with E-state index in [1.807, 2.05) is 0 Å². The normalized spacial score (nSPS) is 16.5. The van der Waals surface area contributed by atoms with Gasteiger partial charge in [-0.25, -0.2) is 0 Å². The number of aliphatic hydroxyl groups excluding tert-OH is 1. The predicted molar refractivity (Wildman–Crippen MR) is 159 cm³/mol. The van der Waals surface area contributed by atoms with Crippen molar-refractivity contribution in [2.75, 3.05) is 6.54 Å². The number of rotatable bonds is 18. The lowest BCUT2D eigenvalue weighted by molar-refractivity contribution is -0.385. The fourth-order valence-corrected chi connectivity index (χ4v) is 5.55. The summed E-state index contributed by atoms with van der Waals surface area (Å²) in [6.07, 6.45) is 16.9. The number of benzene rings is 2. The Morgan fingerprint density at radius 3 is 1.82 bits per heavy atom. The highest BCUT2D eigenvalue weighted by molar-refractivity contribution is 6.46. The Morgan fingerprint density at radius 1 is 0.775 bits per heavy atom. The molecule has 1 N–H and O–H groups in total. The van der Waals surface area contributed by atoms with Crippen LogP contribution in [0.25, 0.3) is 5.76 Å². The lowest BCUT2D eigenvalue weighted by atomic mass is 9.94. The molecule has 0 radical (unpaired) electrons. The Bertz CT molecular complexity index is 1140. The molecule has 0 saturated carbocycles. The van der Waals surface area contributed by atoms with Crippen molar-refractivity contribution >= 4 is 23.1 Å². The number of likely N-dealkylation sites (tertiary alicyclic amines) is 1. The highest BCUT2D eigenvalue weighted by atomic mass is 16.6. The van der Waals surface area contributed by atoms with Crippen LogP contribution >= 0.6 is 0 Å². The number of aliphatic hydroxyl groups is 1. The molecular weight excluding hydrogens is 504 g/mol. The number of carbonyl (C=O) groups excluding carboxylic acids is 2. The van der Waals surface area contributed by atoms with E-state index in [1.165, 1.54) is 75.2 Å². The molecule has 40 heavy (non-hydrogen) atoms. The summed E-state index contributed by atoms with van der Waals surface area (Å²) in [5, 5.41) is 22.9. The van der Waals surface area contributed by atoms with Crippen molar-refractivity contribution in [3.05, 3.63) is 81.4 Å². The standard InChI is InChI=1S/C33H44N2O5/c1-2-3-4-5-6-7-8-9-10-11-12-13-14-20-25-34-30(27-23-18-19-24-28(27)35(39)40)29(32(37)33(34)38)31(36)26-21-16-15-17-22-26/h15-19,21-24,30,36H,2-14,20,25H2,1H3. The van der Waals surface area contributed by atoms with E-state index in [0.717, 1.165) is 19.3 Å². The average Bonchev–Trinajstić information content (AvgIpc) is 3.22. The average molecular weight is 549 g/mol. The van der Waals surface area contributed by atoms with Gasteiger partial charge in [0.15, 0.2) is 0 Å². The van der Waals surface area contributed by atoms with Crippen molar-refractivity contribution in [2.45, 2.75) is 103 Å². The van der Waals surface area contributed by atoms with Crippen LogP contribution < -0.4 is 0 Å². The zero-order chi connectivity index (χ0) is 28.7. The van der Waals surface area contributed by atoms with Crippen LogP contribution in [0.1, 0.15) is 114 Å². The second-order valence-corrected chi connectivity index (χ2v) is 10.8. The first-order valence-electron chi connectivity index (χ1n) is 15.0. The first-order chi connectivity index (χ1) is 19.5. The van der Waals surface area contributed by atoms with Crippen LogP contribution in [0.5, 0.6) is 0 Å². The van der Waals surface area contributed by atoms with Crippen LogP contribution in [0, 0.1) is 10.1 Å². The molecule has 1 unspecified atom stereocenters. The number of hydrogen-bond acceptors (Lipinski definition) is 5. The first kappa shape index (κ1) is 31.1. The summed E-state index contributed by atoms with van der Waals surface area (Å²) in [6, 6.07) is 13.6. The maximum absolute atomic E-state index is 13.2. The van der Waals surface area contributed by atoms with E-state index in [1.54, 1.807) is 48.5 Å². The largest absolute Gasteiger partial charge is 0.507 e. The van der Waals surface area contributed by atoms with Crippen molar-refractivity contribution in [3.8, 4) is 0 Å². The summed E-state index contributed by atoms with van der Waals surface area (Å²) in [5.41, 5.74) is 0.338. The van der Waals surface area contributed by atoms with Gasteiger partial charge in [0.2, 0.25) is 0 Å². The molecule has 0 aliphatic carbocycles. The lowest BCUT2D eigenvalue weighted by Gasteiger charge is -2.25. The maximum Gasteiger partial charge on any atom is 0.295 e. The Morgan fingerprint density at radius 2 is 1.27 bits per heavy atom. The third-order valence-electron chi connectivity index (χ3n) is 7.77. The van der Waals surface area contributed by atoms with Crippen LogP contribution in [0.15, 0.2) is 60.2 Å². The molecule has 2 aromatic rings. The van der Waals surface area contributed by atoms with E-state index in [2.05, 4.69) is 6.92 Å². The van der Waals surface area contributed by atoms with Gasteiger partial charge < -0.3 is 10.0 Å². The molecule has 0 bridgehead atoms. The van der Waals surface area contributed by atoms with Gasteiger partial charge in [-0.15, -0.1) is 0 Å². The van der Waals surface area contributed by atoms with Crippen LogP contribution in [-0.2, 0) is 9.59 Å². The van der Waals surface area contributed by atoms with E-state index in [4.69, 9.17) is 0 Å². The van der Waals surface area contributed by atoms with E-state index in [0.29, 0.717) is 18.5 Å². The Labute approximate surface area is 238 Å². The highest BCUT2D eigenvalue weighted by Gasteiger charge is 2.47. The van der Waals surface area contributed by atoms with Gasteiger partial charge in [-0.1, -0.05) is 133 Å². The second kappa shape index (κ2) is 16.6. The lowest BCUT2D eigenvalue weighted by Crippen LogP contribution is -2.31. The van der Waals surface area contributed by atoms with Gasteiger partial charge in [0.1, 0.15) is 5.76 Å². The molecule has 1 aliphatic heterocycles. The molecule has 1 saturated heterocycles.